The Kier molecular flexibility index (Phi) is 14.7. The molecular weight excluding hydrogens is 795 g/mol. The van der Waals surface area contributed by atoms with Gasteiger partial charge in [-0.2, -0.15) is 0 Å². The molecule has 4 fully saturated rings. The summed E-state index contributed by atoms with van der Waals surface area (Å²) < 4.78 is 4.47. The molecule has 0 spiro atoms. The average molecular weight is 861 g/mol. The fraction of sp³-hybridized carbons (Fsp3) is 0.553. The van der Waals surface area contributed by atoms with Gasteiger partial charge in [0.05, 0.1) is 0 Å². The van der Waals surface area contributed by atoms with Gasteiger partial charge in [0.1, 0.15) is 0 Å². The Balaban J connectivity index is 0.000000213. The van der Waals surface area contributed by atoms with Crippen LogP contribution in [0.15, 0.2) is 54.6 Å². The topological polar surface area (TPSA) is 6.48 Å². The van der Waals surface area contributed by atoms with Crippen molar-refractivity contribution in [2.45, 2.75) is 155 Å². The number of nitrogens with zero attached hydrogens (tertiary/aromatic N) is 2. The Labute approximate surface area is 334 Å². The molecule has 290 valence electrons. The van der Waals surface area contributed by atoms with Gasteiger partial charge in [-0.3, -0.25) is 0 Å². The molecule has 0 atom stereocenters. The quantitative estimate of drug-likeness (QED) is 0.180. The molecule has 0 bridgehead atoms. The third-order valence-corrected chi connectivity index (χ3v) is 21.3. The first-order chi connectivity index (χ1) is 25.5. The van der Waals surface area contributed by atoms with Gasteiger partial charge in [-0.15, -0.1) is 0 Å². The van der Waals surface area contributed by atoms with Crippen molar-refractivity contribution in [2.75, 3.05) is 22.9 Å². The van der Waals surface area contributed by atoms with Crippen LogP contribution in [0.3, 0.4) is 0 Å². The van der Waals surface area contributed by atoms with Gasteiger partial charge >= 0.3 is 215 Å². The Hall–Kier alpha value is -1.59. The number of halogens is 2. The van der Waals surface area contributed by atoms with Gasteiger partial charge in [0, 0.05) is 0 Å². The molecule has 2 nitrogen and oxygen atoms in total. The van der Waals surface area contributed by atoms with Crippen molar-refractivity contribution in [3.8, 4) is 0 Å². The summed E-state index contributed by atoms with van der Waals surface area (Å²) in [6.45, 7) is 14.7. The van der Waals surface area contributed by atoms with E-state index in [4.69, 9.17) is 19.4 Å². The van der Waals surface area contributed by atoms with Crippen molar-refractivity contribution in [3.05, 3.63) is 93.5 Å². The predicted octanol–water partition coefficient (Wildman–Crippen LogP) is 14.0. The molecule has 53 heavy (non-hydrogen) atoms. The first-order valence-corrected chi connectivity index (χ1v) is 28.4. The summed E-state index contributed by atoms with van der Waals surface area (Å²) in [6, 6.07) is 19.1. The summed E-state index contributed by atoms with van der Waals surface area (Å²) in [5, 5.41) is 0. The van der Waals surface area contributed by atoms with E-state index in [0.29, 0.717) is 7.92 Å². The van der Waals surface area contributed by atoms with Crippen LogP contribution in [-0.2, 0) is 11.9 Å². The van der Waals surface area contributed by atoms with Crippen LogP contribution in [0.4, 0.5) is 11.4 Å². The maximum absolute atomic E-state index is 7.33. The Morgan fingerprint density at radius 1 is 0.566 bits per heavy atom. The second kappa shape index (κ2) is 19.0. The summed E-state index contributed by atoms with van der Waals surface area (Å²) in [5.74, 6) is 0. The number of hydrogen-bond donors (Lipinski definition) is 0. The number of rotatable bonds is 6. The van der Waals surface area contributed by atoms with E-state index in [9.17, 15) is 0 Å². The minimum absolute atomic E-state index is 0.385. The number of anilines is 2. The van der Waals surface area contributed by atoms with E-state index in [2.05, 4.69) is 79.9 Å². The molecule has 3 saturated carbocycles. The van der Waals surface area contributed by atoms with E-state index in [0.717, 1.165) is 23.0 Å². The molecule has 3 aliphatic carbocycles. The fourth-order valence-electron chi connectivity index (χ4n) is 10.1. The third-order valence-electron chi connectivity index (χ3n) is 12.1. The molecule has 1 heterocycles. The van der Waals surface area contributed by atoms with E-state index in [1.54, 1.807) is 77.0 Å². The van der Waals surface area contributed by atoms with Crippen LogP contribution in [-0.4, -0.2) is 38.7 Å². The molecule has 6 heteroatoms. The summed E-state index contributed by atoms with van der Waals surface area (Å²) in [7, 11) is 15.0. The van der Waals surface area contributed by atoms with Crippen LogP contribution >= 0.6 is 27.3 Å². The Morgan fingerprint density at radius 3 is 1.28 bits per heavy atom. The number of benzene rings is 3. The Morgan fingerprint density at radius 2 is 0.925 bits per heavy atom. The van der Waals surface area contributed by atoms with Crippen molar-refractivity contribution in [1.82, 2.24) is 0 Å². The SMILES string of the molecule is C1CCC(P(C2CCCCC2)C2CCCCC2)CC1.Cc1cc(C)c(N2CCN(c3c(C)cc(C)cc3C)[C]2=[Ru]([Cl])([Cl])=[C]=Cc2ccccc2)c(C)c1. The first-order valence-electron chi connectivity index (χ1n) is 20.7. The standard InChI is InChI=1S/C21H26N2.C18H33P.C8H6.2ClH.Ru/c1-14-9-16(3)20(17(4)10-14)22-7-8-23(13-22)21-18(5)11-15(2)12-19(21)6;1-4-10-16(11-5-1)19(17-12-6-2-7-13-17)18-14-8-3-9-15-18;1-2-8-6-4-3-5-7-8;;;/h9-12H,7-8H2,1-6H3;16-18H,1-15H2;2-7H;2*1H;/q;;;;;+2/p-2. The zero-order chi connectivity index (χ0) is 37.5. The predicted molar refractivity (Wildman–Crippen MR) is 236 cm³/mol. The molecule has 1 saturated heterocycles. The van der Waals surface area contributed by atoms with Gasteiger partial charge in [0.15, 0.2) is 0 Å². The van der Waals surface area contributed by atoms with Crippen molar-refractivity contribution < 1.29 is 11.9 Å². The van der Waals surface area contributed by atoms with E-state index in [1.165, 1.54) is 81.0 Å². The van der Waals surface area contributed by atoms with Crippen molar-refractivity contribution in [2.24, 2.45) is 0 Å². The number of aryl methyl sites for hydroxylation is 6. The van der Waals surface area contributed by atoms with Crippen LogP contribution in [0.5, 0.6) is 0 Å². The molecule has 3 aromatic carbocycles. The van der Waals surface area contributed by atoms with E-state index >= 15 is 0 Å². The third kappa shape index (κ3) is 10.2. The van der Waals surface area contributed by atoms with Gasteiger partial charge in [-0.1, -0.05) is 65.7 Å². The van der Waals surface area contributed by atoms with Crippen molar-refractivity contribution in [1.29, 1.82) is 0 Å². The monoisotopic (exact) mass is 860 g/mol. The first kappa shape index (κ1) is 41.1. The normalized spacial score (nSPS) is 19.6. The minimum atomic E-state index is -3.56. The molecule has 0 N–H and O–H groups in total. The molecule has 1 aliphatic heterocycles. The van der Waals surface area contributed by atoms with Crippen molar-refractivity contribution in [3.63, 3.8) is 0 Å². The van der Waals surface area contributed by atoms with Gasteiger partial charge in [0.25, 0.3) is 0 Å². The number of hydrogen-bond acceptors (Lipinski definition) is 2. The van der Waals surface area contributed by atoms with Crippen LogP contribution in [0.25, 0.3) is 6.08 Å². The average Bonchev–Trinajstić information content (AvgIpc) is 3.57. The molecule has 0 radical (unpaired) electrons. The zero-order valence-electron chi connectivity index (χ0n) is 33.5. The molecule has 0 aromatic heterocycles. The summed E-state index contributed by atoms with van der Waals surface area (Å²) in [5.41, 5.74) is 14.5. The van der Waals surface area contributed by atoms with Crippen LogP contribution in [0, 0.1) is 41.5 Å². The fourth-order valence-corrected chi connectivity index (χ4v) is 19.7. The molecule has 0 amide bonds. The van der Waals surface area contributed by atoms with E-state index in [1.807, 2.05) is 36.4 Å². The van der Waals surface area contributed by atoms with E-state index in [-0.39, 0.29) is 0 Å². The van der Waals surface area contributed by atoms with E-state index < -0.39 is 11.9 Å². The summed E-state index contributed by atoms with van der Waals surface area (Å²) >= 11 is -3.56. The summed E-state index contributed by atoms with van der Waals surface area (Å²) in [6.07, 6.45) is 25.6. The van der Waals surface area contributed by atoms with Crippen LogP contribution in [0.2, 0.25) is 0 Å². The van der Waals surface area contributed by atoms with Gasteiger partial charge in [-0.25, -0.2) is 0 Å². The summed E-state index contributed by atoms with van der Waals surface area (Å²) in [4.78, 5) is 4.72. The van der Waals surface area contributed by atoms with Crippen LogP contribution < -0.4 is 9.80 Å². The second-order valence-corrected chi connectivity index (χ2v) is 28.4. The zero-order valence-corrected chi connectivity index (χ0v) is 37.6. The van der Waals surface area contributed by atoms with Gasteiger partial charge < -0.3 is 0 Å². The second-order valence-electron chi connectivity index (χ2n) is 16.4. The van der Waals surface area contributed by atoms with Crippen LogP contribution in [0.1, 0.15) is 135 Å². The van der Waals surface area contributed by atoms with Crippen molar-refractivity contribution >= 4 is 53.4 Å². The maximum atomic E-state index is 7.33. The molecule has 7 rings (SSSR count). The molecule has 3 aromatic rings. The van der Waals surface area contributed by atoms with Gasteiger partial charge in [0.2, 0.25) is 0 Å². The van der Waals surface area contributed by atoms with Gasteiger partial charge in [-0.05, 0) is 55.5 Å². The molecule has 0 unspecified atom stereocenters. The molecule has 4 aliphatic rings. The molecular formula is C47H65Cl2N2PRu. The Bertz CT molecular complexity index is 1690.